The molecule has 0 heterocycles. The number of ether oxygens (including phenoxy) is 2. The smallest absolute Gasteiger partial charge is 0.305 e. The molecule has 0 aromatic rings. The molecule has 0 saturated carbocycles. The van der Waals surface area contributed by atoms with E-state index in [1.807, 2.05) is 6.92 Å². The second kappa shape index (κ2) is 28.8. The van der Waals surface area contributed by atoms with Crippen LogP contribution in [0.1, 0.15) is 123 Å². The summed E-state index contributed by atoms with van der Waals surface area (Å²) in [7, 11) is 0. The molecule has 0 aliphatic rings. The first-order valence-electron chi connectivity index (χ1n) is 15.3. The van der Waals surface area contributed by atoms with E-state index in [0.717, 1.165) is 64.2 Å². The summed E-state index contributed by atoms with van der Waals surface area (Å²) in [4.78, 5) is 23.6. The van der Waals surface area contributed by atoms with Gasteiger partial charge in [0.15, 0.2) is 0 Å². The Morgan fingerprint density at radius 2 is 1.05 bits per heavy atom. The number of hydrogen-bond donors (Lipinski definition) is 2. The third kappa shape index (κ3) is 28.6. The molecular weight excluding hydrogens is 492 g/mol. The molecule has 0 radical (unpaired) electrons. The maximum Gasteiger partial charge on any atom is 0.305 e. The standard InChI is InChI=1S/C33H56O6/c1-3-5-6-7-16-20-23-26-32(36)38-28-31(35)29-39-33(37)27-24-21-18-15-13-11-9-8-10-12-14-17-19-22-25-30(34)4-2/h9-12,15,17-19,30-31,34-35H,3-8,13-14,16,20-29H2,1-2H3/b11-9-,12-10-,18-15-,19-17-/t30-,31+/m0/s1. The number of aliphatic hydroxyl groups is 2. The average Bonchev–Trinajstić information content (AvgIpc) is 2.93. The summed E-state index contributed by atoms with van der Waals surface area (Å²) in [5, 5.41) is 19.4. The molecule has 6 heteroatoms. The molecule has 0 bridgehead atoms. The summed E-state index contributed by atoms with van der Waals surface area (Å²) in [6.07, 6.45) is 31.2. The van der Waals surface area contributed by atoms with Gasteiger partial charge in [-0.2, -0.15) is 0 Å². The average molecular weight is 549 g/mol. The molecule has 0 aliphatic heterocycles. The molecule has 224 valence electrons. The van der Waals surface area contributed by atoms with Gasteiger partial charge in [0, 0.05) is 12.8 Å². The van der Waals surface area contributed by atoms with Crippen LogP contribution in [0.5, 0.6) is 0 Å². The SMILES string of the molecule is CCCCCCCCCC(=O)OC[C@@H](O)COC(=O)CCC/C=C\C/C=C\C/C=C\C/C=C\CC[C@@H](O)CC. The van der Waals surface area contributed by atoms with Crippen molar-refractivity contribution < 1.29 is 29.3 Å². The summed E-state index contributed by atoms with van der Waals surface area (Å²) in [6, 6.07) is 0. The molecule has 6 nitrogen and oxygen atoms in total. The highest BCUT2D eigenvalue weighted by atomic mass is 16.6. The molecule has 2 N–H and O–H groups in total. The number of allylic oxidation sites excluding steroid dienone is 8. The summed E-state index contributed by atoms with van der Waals surface area (Å²) in [5.74, 6) is -0.660. The molecule has 2 atom stereocenters. The van der Waals surface area contributed by atoms with Gasteiger partial charge in [-0.15, -0.1) is 0 Å². The Bertz CT molecular complexity index is 694. The van der Waals surface area contributed by atoms with Crippen molar-refractivity contribution in [3.63, 3.8) is 0 Å². The molecule has 0 fully saturated rings. The van der Waals surface area contributed by atoms with E-state index in [9.17, 15) is 19.8 Å². The van der Waals surface area contributed by atoms with Crippen LogP contribution in [0.2, 0.25) is 0 Å². The van der Waals surface area contributed by atoms with Gasteiger partial charge in [-0.05, 0) is 57.8 Å². The van der Waals surface area contributed by atoms with Crippen molar-refractivity contribution in [3.05, 3.63) is 48.6 Å². The lowest BCUT2D eigenvalue weighted by atomic mass is 10.1. The van der Waals surface area contributed by atoms with Crippen LogP contribution in [-0.4, -0.2) is 47.6 Å². The lowest BCUT2D eigenvalue weighted by Gasteiger charge is -2.12. The largest absolute Gasteiger partial charge is 0.463 e. The van der Waals surface area contributed by atoms with Gasteiger partial charge in [-0.25, -0.2) is 0 Å². The molecule has 39 heavy (non-hydrogen) atoms. The summed E-state index contributed by atoms with van der Waals surface area (Å²) < 4.78 is 10.2. The van der Waals surface area contributed by atoms with E-state index in [4.69, 9.17) is 9.47 Å². The molecule has 0 spiro atoms. The first-order chi connectivity index (χ1) is 19.0. The maximum atomic E-state index is 11.8. The third-order valence-corrected chi connectivity index (χ3v) is 6.23. The monoisotopic (exact) mass is 548 g/mol. The van der Waals surface area contributed by atoms with Crippen molar-refractivity contribution in [1.29, 1.82) is 0 Å². The van der Waals surface area contributed by atoms with E-state index >= 15 is 0 Å². The van der Waals surface area contributed by atoms with Gasteiger partial charge in [-0.1, -0.05) is 101 Å². The van der Waals surface area contributed by atoms with Gasteiger partial charge in [0.2, 0.25) is 0 Å². The van der Waals surface area contributed by atoms with Crippen LogP contribution in [0.4, 0.5) is 0 Å². The Hall–Kier alpha value is -2.18. The second-order valence-corrected chi connectivity index (χ2v) is 10.0. The van der Waals surface area contributed by atoms with Crippen LogP contribution >= 0.6 is 0 Å². The first kappa shape index (κ1) is 36.8. The van der Waals surface area contributed by atoms with E-state index in [-0.39, 0.29) is 31.3 Å². The number of carbonyl (C=O) groups excluding carboxylic acids is 2. The highest BCUT2D eigenvalue weighted by Gasteiger charge is 2.11. The van der Waals surface area contributed by atoms with Crippen LogP contribution in [0.25, 0.3) is 0 Å². The van der Waals surface area contributed by atoms with Gasteiger partial charge in [0.05, 0.1) is 6.10 Å². The number of unbranched alkanes of at least 4 members (excludes halogenated alkanes) is 7. The van der Waals surface area contributed by atoms with Crippen molar-refractivity contribution in [2.24, 2.45) is 0 Å². The van der Waals surface area contributed by atoms with Crippen LogP contribution in [0.15, 0.2) is 48.6 Å². The topological polar surface area (TPSA) is 93.1 Å². The number of aliphatic hydroxyl groups excluding tert-OH is 2. The Kier molecular flexibility index (Phi) is 27.2. The van der Waals surface area contributed by atoms with Crippen molar-refractivity contribution in [2.45, 2.75) is 135 Å². The Balaban J connectivity index is 3.62. The highest BCUT2D eigenvalue weighted by molar-refractivity contribution is 5.69. The van der Waals surface area contributed by atoms with E-state index < -0.39 is 6.10 Å². The summed E-state index contributed by atoms with van der Waals surface area (Å²) in [5.41, 5.74) is 0. The summed E-state index contributed by atoms with van der Waals surface area (Å²) >= 11 is 0. The highest BCUT2D eigenvalue weighted by Crippen LogP contribution is 2.09. The van der Waals surface area contributed by atoms with Crippen LogP contribution in [0.3, 0.4) is 0 Å². The Labute approximate surface area is 238 Å². The van der Waals surface area contributed by atoms with Gasteiger partial charge in [0.25, 0.3) is 0 Å². The minimum Gasteiger partial charge on any atom is -0.463 e. The number of rotatable bonds is 26. The van der Waals surface area contributed by atoms with Crippen molar-refractivity contribution >= 4 is 11.9 Å². The predicted octanol–water partition coefficient (Wildman–Crippen LogP) is 7.69. The van der Waals surface area contributed by atoms with E-state index in [1.165, 1.54) is 25.7 Å². The zero-order valence-corrected chi connectivity index (χ0v) is 24.7. The molecule has 0 aromatic heterocycles. The minimum absolute atomic E-state index is 0.142. The van der Waals surface area contributed by atoms with Gasteiger partial charge >= 0.3 is 11.9 Å². The van der Waals surface area contributed by atoms with Crippen LogP contribution < -0.4 is 0 Å². The first-order valence-corrected chi connectivity index (χ1v) is 15.3. The van der Waals surface area contributed by atoms with Gasteiger partial charge in [-0.3, -0.25) is 9.59 Å². The number of hydrogen-bond acceptors (Lipinski definition) is 6. The van der Waals surface area contributed by atoms with Crippen molar-refractivity contribution in [1.82, 2.24) is 0 Å². The summed E-state index contributed by atoms with van der Waals surface area (Å²) in [6.45, 7) is 3.89. The van der Waals surface area contributed by atoms with E-state index in [1.54, 1.807) is 0 Å². The molecule has 0 aromatic carbocycles. The van der Waals surface area contributed by atoms with Crippen molar-refractivity contribution in [3.8, 4) is 0 Å². The fourth-order valence-electron chi connectivity index (χ4n) is 3.70. The zero-order valence-electron chi connectivity index (χ0n) is 24.7. The lowest BCUT2D eigenvalue weighted by molar-refractivity contribution is -0.152. The second-order valence-electron chi connectivity index (χ2n) is 10.0. The van der Waals surface area contributed by atoms with Gasteiger partial charge < -0.3 is 19.7 Å². The molecule has 0 amide bonds. The molecule has 0 saturated heterocycles. The fourth-order valence-corrected chi connectivity index (χ4v) is 3.70. The normalized spacial score (nSPS) is 13.6. The van der Waals surface area contributed by atoms with Crippen LogP contribution in [-0.2, 0) is 19.1 Å². The zero-order chi connectivity index (χ0) is 28.8. The Morgan fingerprint density at radius 3 is 1.59 bits per heavy atom. The quantitative estimate of drug-likeness (QED) is 0.0654. The number of carbonyl (C=O) groups is 2. The fraction of sp³-hybridized carbons (Fsp3) is 0.697. The van der Waals surface area contributed by atoms with E-state index in [0.29, 0.717) is 19.3 Å². The number of esters is 2. The molecule has 0 aliphatic carbocycles. The molecular formula is C33H56O6. The maximum absolute atomic E-state index is 11.8. The predicted molar refractivity (Wildman–Crippen MR) is 160 cm³/mol. The molecule has 0 rings (SSSR count). The van der Waals surface area contributed by atoms with E-state index in [2.05, 4.69) is 55.5 Å². The molecule has 0 unspecified atom stereocenters. The van der Waals surface area contributed by atoms with Gasteiger partial charge in [0.1, 0.15) is 19.3 Å². The van der Waals surface area contributed by atoms with Crippen LogP contribution in [0, 0.1) is 0 Å². The minimum atomic E-state index is -0.990. The lowest BCUT2D eigenvalue weighted by Crippen LogP contribution is -2.25. The Morgan fingerprint density at radius 1 is 0.590 bits per heavy atom. The van der Waals surface area contributed by atoms with Crippen molar-refractivity contribution in [2.75, 3.05) is 13.2 Å². The third-order valence-electron chi connectivity index (χ3n) is 6.23.